The summed E-state index contributed by atoms with van der Waals surface area (Å²) in [6, 6.07) is 4.16. The van der Waals surface area contributed by atoms with Crippen LogP contribution in [0.25, 0.3) is 5.57 Å². The molecular weight excluding hydrogens is 222 g/mol. The van der Waals surface area contributed by atoms with Crippen LogP contribution in [0.5, 0.6) is 0 Å². The molecule has 0 fully saturated rings. The fraction of sp³-hybridized carbons (Fsp3) is 0.500. The minimum atomic E-state index is -0.0148. The van der Waals surface area contributed by atoms with Crippen molar-refractivity contribution in [2.24, 2.45) is 0 Å². The van der Waals surface area contributed by atoms with Crippen LogP contribution in [0.3, 0.4) is 0 Å². The van der Waals surface area contributed by atoms with E-state index < -0.39 is 0 Å². The van der Waals surface area contributed by atoms with Gasteiger partial charge in [0.25, 0.3) is 0 Å². The van der Waals surface area contributed by atoms with Gasteiger partial charge in [0.1, 0.15) is 0 Å². The van der Waals surface area contributed by atoms with Gasteiger partial charge in [0.05, 0.1) is 12.1 Å². The standard InChI is InChI=1S/C14H19NO.C2H6/c1-9-5-6-12-13(11(9)8-16)10(2)7-14(3,4)15-12;1-2/h5-7,15-16H,8H2,1-4H3;1-2H3. The van der Waals surface area contributed by atoms with E-state index >= 15 is 0 Å². The minimum Gasteiger partial charge on any atom is -0.392 e. The summed E-state index contributed by atoms with van der Waals surface area (Å²) in [4.78, 5) is 0. The number of anilines is 1. The van der Waals surface area contributed by atoms with Crippen LogP contribution in [0.4, 0.5) is 5.69 Å². The highest BCUT2D eigenvalue weighted by Crippen LogP contribution is 2.36. The van der Waals surface area contributed by atoms with Crippen LogP contribution >= 0.6 is 0 Å². The van der Waals surface area contributed by atoms with Crippen molar-refractivity contribution in [2.45, 2.75) is 53.7 Å². The number of aryl methyl sites for hydroxylation is 1. The highest BCUT2D eigenvalue weighted by atomic mass is 16.3. The maximum Gasteiger partial charge on any atom is 0.0691 e. The quantitative estimate of drug-likeness (QED) is 0.782. The Hall–Kier alpha value is -1.28. The Labute approximate surface area is 111 Å². The summed E-state index contributed by atoms with van der Waals surface area (Å²) < 4.78 is 0. The largest absolute Gasteiger partial charge is 0.392 e. The highest BCUT2D eigenvalue weighted by molar-refractivity contribution is 5.82. The van der Waals surface area contributed by atoms with Gasteiger partial charge in [-0.25, -0.2) is 0 Å². The van der Waals surface area contributed by atoms with E-state index in [9.17, 15) is 5.11 Å². The molecule has 0 saturated heterocycles. The van der Waals surface area contributed by atoms with Crippen LogP contribution < -0.4 is 5.32 Å². The molecule has 100 valence electrons. The van der Waals surface area contributed by atoms with E-state index in [1.165, 1.54) is 11.1 Å². The van der Waals surface area contributed by atoms with Crippen LogP contribution in [-0.2, 0) is 6.61 Å². The summed E-state index contributed by atoms with van der Waals surface area (Å²) in [6.07, 6.45) is 2.22. The number of fused-ring (bicyclic) bond motifs is 1. The number of benzene rings is 1. The molecule has 2 rings (SSSR count). The zero-order chi connectivity index (χ0) is 13.9. The molecular formula is C16H25NO. The van der Waals surface area contributed by atoms with Crippen molar-refractivity contribution < 1.29 is 5.11 Å². The molecule has 0 unspecified atom stereocenters. The molecule has 0 radical (unpaired) electrons. The second-order valence-corrected chi connectivity index (χ2v) is 5.12. The first-order valence-corrected chi connectivity index (χ1v) is 6.66. The van der Waals surface area contributed by atoms with Gasteiger partial charge >= 0.3 is 0 Å². The molecule has 1 heterocycles. The van der Waals surface area contributed by atoms with Crippen molar-refractivity contribution in [3.05, 3.63) is 34.9 Å². The molecule has 0 aromatic heterocycles. The molecule has 2 heteroatoms. The third kappa shape index (κ3) is 2.75. The van der Waals surface area contributed by atoms with E-state index in [0.29, 0.717) is 0 Å². The first-order chi connectivity index (χ1) is 8.44. The molecule has 1 aromatic rings. The fourth-order valence-corrected chi connectivity index (χ4v) is 2.51. The minimum absolute atomic E-state index is 0.0148. The van der Waals surface area contributed by atoms with E-state index in [1.807, 2.05) is 20.8 Å². The Morgan fingerprint density at radius 1 is 1.17 bits per heavy atom. The molecule has 1 aliphatic heterocycles. The summed E-state index contributed by atoms with van der Waals surface area (Å²) in [6.45, 7) is 12.6. The van der Waals surface area contributed by atoms with Gasteiger partial charge in [-0.2, -0.15) is 0 Å². The van der Waals surface area contributed by atoms with Gasteiger partial charge in [-0.05, 0) is 50.5 Å². The Morgan fingerprint density at radius 2 is 1.78 bits per heavy atom. The Kier molecular flexibility index (Phi) is 4.58. The molecule has 2 N–H and O–H groups in total. The zero-order valence-electron chi connectivity index (χ0n) is 12.4. The number of aliphatic hydroxyl groups is 1. The average molecular weight is 247 g/mol. The molecule has 0 atom stereocenters. The first-order valence-electron chi connectivity index (χ1n) is 6.66. The molecule has 0 saturated carbocycles. The van der Waals surface area contributed by atoms with Gasteiger partial charge in [-0.15, -0.1) is 0 Å². The molecule has 1 aliphatic rings. The summed E-state index contributed by atoms with van der Waals surface area (Å²) in [5.41, 5.74) is 5.71. The van der Waals surface area contributed by atoms with Crippen molar-refractivity contribution in [3.63, 3.8) is 0 Å². The van der Waals surface area contributed by atoms with Gasteiger partial charge in [0.15, 0.2) is 0 Å². The van der Waals surface area contributed by atoms with E-state index in [2.05, 4.69) is 44.3 Å². The van der Waals surface area contributed by atoms with Crippen molar-refractivity contribution in [1.29, 1.82) is 0 Å². The summed E-state index contributed by atoms with van der Waals surface area (Å²) in [5, 5.41) is 12.9. The predicted octanol–water partition coefficient (Wildman–Crippen LogP) is 4.12. The number of rotatable bonds is 1. The molecule has 18 heavy (non-hydrogen) atoms. The SMILES string of the molecule is CC.CC1=CC(C)(C)Nc2ccc(C)c(CO)c21. The summed E-state index contributed by atoms with van der Waals surface area (Å²) >= 11 is 0. The lowest BCUT2D eigenvalue weighted by molar-refractivity contribution is 0.280. The third-order valence-corrected chi connectivity index (χ3v) is 3.13. The normalized spacial score (nSPS) is 15.8. The van der Waals surface area contributed by atoms with Gasteiger partial charge in [0.2, 0.25) is 0 Å². The van der Waals surface area contributed by atoms with E-state index in [1.54, 1.807) is 0 Å². The van der Waals surface area contributed by atoms with E-state index in [-0.39, 0.29) is 12.1 Å². The monoisotopic (exact) mass is 247 g/mol. The Balaban J connectivity index is 0.000000771. The summed E-state index contributed by atoms with van der Waals surface area (Å²) in [5.74, 6) is 0. The van der Waals surface area contributed by atoms with Gasteiger partial charge < -0.3 is 10.4 Å². The van der Waals surface area contributed by atoms with Crippen molar-refractivity contribution in [2.75, 3.05) is 5.32 Å². The Morgan fingerprint density at radius 3 is 2.33 bits per heavy atom. The van der Waals surface area contributed by atoms with Crippen molar-refractivity contribution in [1.82, 2.24) is 0 Å². The lowest BCUT2D eigenvalue weighted by Crippen LogP contribution is -2.31. The number of allylic oxidation sites excluding steroid dienone is 1. The maximum atomic E-state index is 9.47. The third-order valence-electron chi connectivity index (χ3n) is 3.13. The van der Waals surface area contributed by atoms with Crippen LogP contribution in [0.2, 0.25) is 0 Å². The number of hydrogen-bond donors (Lipinski definition) is 2. The van der Waals surface area contributed by atoms with Crippen LogP contribution in [0, 0.1) is 6.92 Å². The van der Waals surface area contributed by atoms with E-state index in [4.69, 9.17) is 0 Å². The topological polar surface area (TPSA) is 32.3 Å². The summed E-state index contributed by atoms with van der Waals surface area (Å²) in [7, 11) is 0. The van der Waals surface area contributed by atoms with Crippen molar-refractivity contribution in [3.8, 4) is 0 Å². The van der Waals surface area contributed by atoms with Crippen LogP contribution in [0.15, 0.2) is 18.2 Å². The lowest BCUT2D eigenvalue weighted by atomic mass is 9.87. The zero-order valence-corrected chi connectivity index (χ0v) is 12.4. The predicted molar refractivity (Wildman–Crippen MR) is 79.8 cm³/mol. The molecule has 2 nitrogen and oxygen atoms in total. The van der Waals surface area contributed by atoms with E-state index in [0.717, 1.165) is 16.8 Å². The van der Waals surface area contributed by atoms with Crippen LogP contribution in [0.1, 0.15) is 51.3 Å². The number of aliphatic hydroxyl groups excluding tert-OH is 1. The smallest absolute Gasteiger partial charge is 0.0691 e. The Bertz CT molecular complexity index is 458. The van der Waals surface area contributed by atoms with Gasteiger partial charge in [-0.3, -0.25) is 0 Å². The number of nitrogens with one attached hydrogen (secondary N) is 1. The maximum absolute atomic E-state index is 9.47. The lowest BCUT2D eigenvalue weighted by Gasteiger charge is -2.33. The number of hydrogen-bond acceptors (Lipinski definition) is 2. The van der Waals surface area contributed by atoms with Crippen molar-refractivity contribution >= 4 is 11.3 Å². The molecule has 0 amide bonds. The molecule has 0 bridgehead atoms. The molecule has 0 aliphatic carbocycles. The molecule has 0 spiro atoms. The first kappa shape index (κ1) is 14.8. The fourth-order valence-electron chi connectivity index (χ4n) is 2.51. The average Bonchev–Trinajstić information content (AvgIpc) is 2.31. The van der Waals surface area contributed by atoms with Crippen LogP contribution in [-0.4, -0.2) is 10.6 Å². The second kappa shape index (κ2) is 5.57. The second-order valence-electron chi connectivity index (χ2n) is 5.12. The van der Waals surface area contributed by atoms with Gasteiger partial charge in [0, 0.05) is 11.3 Å². The highest BCUT2D eigenvalue weighted by Gasteiger charge is 2.24. The van der Waals surface area contributed by atoms with Gasteiger partial charge in [-0.1, -0.05) is 26.0 Å². The molecule has 1 aromatic carbocycles.